The Morgan fingerprint density at radius 2 is 2.24 bits per heavy atom. The number of guanidine groups is 1. The third-order valence-electron chi connectivity index (χ3n) is 5.28. The normalized spacial score (nSPS) is 19.7. The fraction of sp³-hybridized carbons (Fsp3) is 0.524. The number of rotatable bonds is 6. The molecule has 0 saturated carbocycles. The molecule has 8 heteroatoms. The topological polar surface area (TPSA) is 54.7 Å². The summed E-state index contributed by atoms with van der Waals surface area (Å²) in [6.45, 7) is 7.80. The van der Waals surface area contributed by atoms with E-state index in [-0.39, 0.29) is 36.4 Å². The van der Waals surface area contributed by atoms with Gasteiger partial charge in [0.1, 0.15) is 5.82 Å². The summed E-state index contributed by atoms with van der Waals surface area (Å²) in [5, 5.41) is 3.41. The second-order valence-corrected chi connectivity index (χ2v) is 7.32. The van der Waals surface area contributed by atoms with Crippen LogP contribution in [0.4, 0.5) is 4.39 Å². The molecule has 0 amide bonds. The quantitative estimate of drug-likeness (QED) is 0.361. The summed E-state index contributed by atoms with van der Waals surface area (Å²) in [7, 11) is 1.57. The highest BCUT2D eigenvalue weighted by Crippen LogP contribution is 2.27. The Labute approximate surface area is 189 Å². The van der Waals surface area contributed by atoms with Gasteiger partial charge in [0.25, 0.3) is 0 Å². The minimum absolute atomic E-state index is 0. The molecule has 1 aliphatic heterocycles. The van der Waals surface area contributed by atoms with Gasteiger partial charge in [-0.3, -0.25) is 0 Å². The van der Waals surface area contributed by atoms with Crippen molar-refractivity contribution < 1.29 is 9.13 Å². The van der Waals surface area contributed by atoms with Crippen LogP contribution in [0.25, 0.3) is 0 Å². The maximum atomic E-state index is 13.8. The standard InChI is InChI=1S/C21H30FN5O.HI/c1-4-24-21(25-12-17-5-6-19(22)18(11-17)14-28-3)26-9-7-16(2)20(13-26)27-10-8-23-15-27;/h5-6,8,10-11,15-16,20H,4,7,9,12-14H2,1-3H3,(H,24,25);1H. The summed E-state index contributed by atoms with van der Waals surface area (Å²) in [6.07, 6.45) is 6.86. The van der Waals surface area contributed by atoms with E-state index in [0.717, 1.165) is 37.6 Å². The molecule has 2 aromatic rings. The van der Waals surface area contributed by atoms with Crippen LogP contribution in [0.3, 0.4) is 0 Å². The molecule has 0 bridgehead atoms. The van der Waals surface area contributed by atoms with Gasteiger partial charge in [0.2, 0.25) is 0 Å². The molecule has 1 aromatic carbocycles. The van der Waals surface area contributed by atoms with E-state index >= 15 is 0 Å². The first kappa shape index (κ1) is 23.6. The monoisotopic (exact) mass is 515 g/mol. The van der Waals surface area contributed by atoms with E-state index in [4.69, 9.17) is 9.73 Å². The molecule has 2 heterocycles. The lowest BCUT2D eigenvalue weighted by Gasteiger charge is -2.39. The number of aliphatic imine (C=N–C) groups is 1. The smallest absolute Gasteiger partial charge is 0.194 e. The molecular formula is C21H31FIN5O. The van der Waals surface area contributed by atoms with Crippen LogP contribution in [0.1, 0.15) is 37.4 Å². The second-order valence-electron chi connectivity index (χ2n) is 7.32. The Balaban J connectivity index is 0.00000300. The van der Waals surface area contributed by atoms with Crippen molar-refractivity contribution >= 4 is 29.9 Å². The van der Waals surface area contributed by atoms with E-state index in [1.807, 2.05) is 24.8 Å². The number of aromatic nitrogens is 2. The molecule has 1 N–H and O–H groups in total. The van der Waals surface area contributed by atoms with Gasteiger partial charge in [0, 0.05) is 44.7 Å². The van der Waals surface area contributed by atoms with E-state index in [1.54, 1.807) is 13.2 Å². The zero-order valence-electron chi connectivity index (χ0n) is 17.3. The molecule has 2 atom stereocenters. The first-order valence-corrected chi connectivity index (χ1v) is 9.89. The van der Waals surface area contributed by atoms with Crippen LogP contribution < -0.4 is 5.32 Å². The molecule has 29 heavy (non-hydrogen) atoms. The van der Waals surface area contributed by atoms with Gasteiger partial charge in [-0.05, 0) is 37.0 Å². The lowest BCUT2D eigenvalue weighted by Crippen LogP contribution is -2.49. The maximum Gasteiger partial charge on any atom is 0.194 e. The van der Waals surface area contributed by atoms with Gasteiger partial charge < -0.3 is 19.5 Å². The van der Waals surface area contributed by atoms with Gasteiger partial charge in [0.15, 0.2) is 5.96 Å². The van der Waals surface area contributed by atoms with Gasteiger partial charge in [-0.15, -0.1) is 24.0 Å². The van der Waals surface area contributed by atoms with Crippen molar-refractivity contribution in [2.24, 2.45) is 10.9 Å². The number of nitrogens with zero attached hydrogens (tertiary/aromatic N) is 4. The molecule has 0 aliphatic carbocycles. The first-order chi connectivity index (χ1) is 13.6. The largest absolute Gasteiger partial charge is 0.380 e. The molecule has 1 aliphatic rings. The summed E-state index contributed by atoms with van der Waals surface area (Å²) >= 11 is 0. The highest BCUT2D eigenvalue weighted by Gasteiger charge is 2.28. The van der Waals surface area contributed by atoms with Crippen LogP contribution in [-0.4, -0.2) is 47.2 Å². The number of hydrogen-bond acceptors (Lipinski definition) is 3. The summed E-state index contributed by atoms with van der Waals surface area (Å²) in [5.41, 5.74) is 1.53. The number of piperidine rings is 1. The molecule has 1 aromatic heterocycles. The molecule has 0 spiro atoms. The second kappa shape index (κ2) is 11.5. The summed E-state index contributed by atoms with van der Waals surface area (Å²) in [6, 6.07) is 5.48. The predicted octanol–water partition coefficient (Wildman–Crippen LogP) is 3.84. The van der Waals surface area contributed by atoms with Crippen LogP contribution in [-0.2, 0) is 17.9 Å². The molecule has 3 rings (SSSR count). The molecule has 160 valence electrons. The van der Waals surface area contributed by atoms with E-state index in [9.17, 15) is 4.39 Å². The Kier molecular flexibility index (Phi) is 9.35. The first-order valence-electron chi connectivity index (χ1n) is 9.89. The number of methoxy groups -OCH3 is 1. The van der Waals surface area contributed by atoms with Crippen molar-refractivity contribution in [3.05, 3.63) is 53.9 Å². The van der Waals surface area contributed by atoms with Crippen molar-refractivity contribution in [1.29, 1.82) is 0 Å². The number of hydrogen-bond donors (Lipinski definition) is 1. The minimum Gasteiger partial charge on any atom is -0.380 e. The number of imidazole rings is 1. The van der Waals surface area contributed by atoms with Gasteiger partial charge in [-0.25, -0.2) is 14.4 Å². The van der Waals surface area contributed by atoms with E-state index in [2.05, 4.69) is 33.6 Å². The van der Waals surface area contributed by atoms with E-state index in [1.165, 1.54) is 6.07 Å². The van der Waals surface area contributed by atoms with Gasteiger partial charge in [0.05, 0.1) is 25.5 Å². The Morgan fingerprint density at radius 1 is 1.41 bits per heavy atom. The third kappa shape index (κ3) is 6.15. The summed E-state index contributed by atoms with van der Waals surface area (Å²) in [4.78, 5) is 11.3. The van der Waals surface area contributed by atoms with Gasteiger partial charge in [-0.1, -0.05) is 13.0 Å². The van der Waals surface area contributed by atoms with Crippen molar-refractivity contribution in [1.82, 2.24) is 19.8 Å². The SMILES string of the molecule is CCNC(=NCc1ccc(F)c(COC)c1)N1CCC(C)C(n2ccnc2)C1.I. The predicted molar refractivity (Wildman–Crippen MR) is 124 cm³/mol. The summed E-state index contributed by atoms with van der Waals surface area (Å²) in [5.74, 6) is 1.24. The number of halogens is 2. The van der Waals surface area contributed by atoms with E-state index in [0.29, 0.717) is 24.1 Å². The zero-order valence-corrected chi connectivity index (χ0v) is 19.7. The van der Waals surface area contributed by atoms with E-state index < -0.39 is 0 Å². The van der Waals surface area contributed by atoms with Crippen molar-refractivity contribution in [3.63, 3.8) is 0 Å². The van der Waals surface area contributed by atoms with Crippen molar-refractivity contribution in [3.8, 4) is 0 Å². The molecular weight excluding hydrogens is 484 g/mol. The zero-order chi connectivity index (χ0) is 19.9. The molecule has 0 radical (unpaired) electrons. The number of benzene rings is 1. The number of likely N-dealkylation sites (tertiary alicyclic amines) is 1. The van der Waals surface area contributed by atoms with Gasteiger partial charge >= 0.3 is 0 Å². The average molecular weight is 515 g/mol. The molecule has 6 nitrogen and oxygen atoms in total. The fourth-order valence-corrected chi connectivity index (χ4v) is 3.68. The lowest BCUT2D eigenvalue weighted by molar-refractivity contribution is 0.181. The average Bonchev–Trinajstić information content (AvgIpc) is 3.23. The van der Waals surface area contributed by atoms with Crippen LogP contribution in [0.5, 0.6) is 0 Å². The molecule has 1 saturated heterocycles. The Morgan fingerprint density at radius 3 is 2.93 bits per heavy atom. The van der Waals surface area contributed by atoms with Crippen molar-refractivity contribution in [2.45, 2.75) is 39.5 Å². The minimum atomic E-state index is -0.241. The Bertz CT molecular complexity index is 783. The molecule has 2 unspecified atom stereocenters. The number of nitrogens with one attached hydrogen (secondary N) is 1. The van der Waals surface area contributed by atoms with Crippen LogP contribution in [0, 0.1) is 11.7 Å². The highest BCUT2D eigenvalue weighted by molar-refractivity contribution is 14.0. The van der Waals surface area contributed by atoms with Crippen LogP contribution in [0.2, 0.25) is 0 Å². The maximum absolute atomic E-state index is 13.8. The van der Waals surface area contributed by atoms with Crippen LogP contribution >= 0.6 is 24.0 Å². The molecule has 1 fully saturated rings. The third-order valence-corrected chi connectivity index (χ3v) is 5.28. The highest BCUT2D eigenvalue weighted by atomic mass is 127. The number of ether oxygens (including phenoxy) is 1. The van der Waals surface area contributed by atoms with Crippen LogP contribution in [0.15, 0.2) is 41.9 Å². The lowest BCUT2D eigenvalue weighted by atomic mass is 9.93. The van der Waals surface area contributed by atoms with Gasteiger partial charge in [-0.2, -0.15) is 0 Å². The van der Waals surface area contributed by atoms with Crippen molar-refractivity contribution in [2.75, 3.05) is 26.7 Å². The fourth-order valence-electron chi connectivity index (χ4n) is 3.68. The Hall–Kier alpha value is -1.68. The summed E-state index contributed by atoms with van der Waals surface area (Å²) < 4.78 is 21.1.